The van der Waals surface area contributed by atoms with Crippen LogP contribution in [0.5, 0.6) is 11.5 Å². The Morgan fingerprint density at radius 3 is 2.48 bits per heavy atom. The van der Waals surface area contributed by atoms with E-state index in [0.29, 0.717) is 53.3 Å². The maximum absolute atomic E-state index is 12.4. The number of benzene rings is 1. The van der Waals surface area contributed by atoms with Gasteiger partial charge in [-0.25, -0.2) is 4.79 Å². The highest BCUT2D eigenvalue weighted by molar-refractivity contribution is 6.42. The summed E-state index contributed by atoms with van der Waals surface area (Å²) in [5, 5.41) is 0.671. The maximum atomic E-state index is 12.4. The second kappa shape index (κ2) is 8.63. The van der Waals surface area contributed by atoms with E-state index in [9.17, 15) is 4.79 Å². The van der Waals surface area contributed by atoms with Gasteiger partial charge < -0.3 is 19.1 Å². The molecular formula is C17H22Cl2N2O4. The SMILES string of the molecule is CCN(CC)C(=O)Oc1c(OC)cc(Cl)c(Cl)c1C1CN=C(OC)C1. The van der Waals surface area contributed by atoms with E-state index >= 15 is 0 Å². The first kappa shape index (κ1) is 19.7. The lowest BCUT2D eigenvalue weighted by molar-refractivity contribution is 0.155. The Morgan fingerprint density at radius 2 is 1.96 bits per heavy atom. The number of nitrogens with zero attached hydrogens (tertiary/aromatic N) is 2. The average molecular weight is 389 g/mol. The molecule has 0 aliphatic carbocycles. The zero-order valence-electron chi connectivity index (χ0n) is 14.8. The molecule has 138 valence electrons. The molecule has 1 amide bonds. The van der Waals surface area contributed by atoms with Gasteiger partial charge in [0.1, 0.15) is 0 Å². The standard InChI is InChI=1S/C17H22Cl2N2O4/c1-5-21(6-2)17(22)25-16-12(23-3)8-11(18)15(19)14(16)10-7-13(24-4)20-9-10/h8,10H,5-7,9H2,1-4H3. The van der Waals surface area contributed by atoms with E-state index < -0.39 is 6.09 Å². The van der Waals surface area contributed by atoms with Gasteiger partial charge in [-0.15, -0.1) is 0 Å². The molecule has 0 saturated carbocycles. The Kier molecular flexibility index (Phi) is 6.79. The highest BCUT2D eigenvalue weighted by Crippen LogP contribution is 2.47. The topological polar surface area (TPSA) is 60.4 Å². The minimum atomic E-state index is -0.464. The fraction of sp³-hybridized carbons (Fsp3) is 0.529. The molecular weight excluding hydrogens is 367 g/mol. The largest absolute Gasteiger partial charge is 0.493 e. The zero-order chi connectivity index (χ0) is 18.6. The van der Waals surface area contributed by atoms with Gasteiger partial charge in [0.05, 0.1) is 30.8 Å². The van der Waals surface area contributed by atoms with Gasteiger partial charge >= 0.3 is 6.09 Å². The van der Waals surface area contributed by atoms with Crippen molar-refractivity contribution in [2.75, 3.05) is 33.9 Å². The van der Waals surface area contributed by atoms with Crippen molar-refractivity contribution >= 4 is 35.2 Å². The zero-order valence-corrected chi connectivity index (χ0v) is 16.3. The van der Waals surface area contributed by atoms with Gasteiger partial charge in [0.2, 0.25) is 0 Å². The number of carbonyl (C=O) groups is 1. The first-order chi connectivity index (χ1) is 12.0. The third kappa shape index (κ3) is 4.12. The first-order valence-corrected chi connectivity index (χ1v) is 8.82. The number of hydrogen-bond acceptors (Lipinski definition) is 5. The molecule has 0 N–H and O–H groups in total. The van der Waals surface area contributed by atoms with Gasteiger partial charge in [-0.1, -0.05) is 23.2 Å². The lowest BCUT2D eigenvalue weighted by atomic mass is 9.96. The second-order valence-corrected chi connectivity index (χ2v) is 6.28. The normalized spacial score (nSPS) is 16.4. The third-order valence-corrected chi connectivity index (χ3v) is 4.96. The molecule has 1 aromatic carbocycles. The van der Waals surface area contributed by atoms with Crippen molar-refractivity contribution in [3.63, 3.8) is 0 Å². The van der Waals surface area contributed by atoms with Gasteiger partial charge in [-0.05, 0) is 13.8 Å². The van der Waals surface area contributed by atoms with Crippen LogP contribution < -0.4 is 9.47 Å². The van der Waals surface area contributed by atoms with Crippen molar-refractivity contribution < 1.29 is 19.0 Å². The average Bonchev–Trinajstić information content (AvgIpc) is 3.07. The quantitative estimate of drug-likeness (QED) is 0.750. The van der Waals surface area contributed by atoms with Crippen LogP contribution in [0.4, 0.5) is 4.79 Å². The summed E-state index contributed by atoms with van der Waals surface area (Å²) < 4.78 is 16.2. The predicted molar refractivity (Wildman–Crippen MR) is 98.6 cm³/mol. The minimum absolute atomic E-state index is 0.102. The summed E-state index contributed by atoms with van der Waals surface area (Å²) in [6.07, 6.45) is 0.0871. The smallest absolute Gasteiger partial charge is 0.415 e. The Morgan fingerprint density at radius 1 is 1.28 bits per heavy atom. The van der Waals surface area contributed by atoms with Crippen LogP contribution in [0.1, 0.15) is 31.7 Å². The van der Waals surface area contributed by atoms with Crippen LogP contribution in [0.2, 0.25) is 10.0 Å². The predicted octanol–water partition coefficient (Wildman–Crippen LogP) is 4.37. The van der Waals surface area contributed by atoms with E-state index in [4.69, 9.17) is 37.4 Å². The molecule has 1 heterocycles. The monoisotopic (exact) mass is 388 g/mol. The number of methoxy groups -OCH3 is 2. The Labute approximate surface area is 157 Å². The fourth-order valence-corrected chi connectivity index (χ4v) is 3.25. The molecule has 1 atom stereocenters. The number of aliphatic imine (C=N–C) groups is 1. The lowest BCUT2D eigenvalue weighted by Crippen LogP contribution is -2.33. The van der Waals surface area contributed by atoms with Crippen LogP contribution in [0, 0.1) is 0 Å². The van der Waals surface area contributed by atoms with E-state index in [0.717, 1.165) is 0 Å². The Hall–Kier alpha value is -1.66. The van der Waals surface area contributed by atoms with Crippen molar-refractivity contribution in [1.82, 2.24) is 4.90 Å². The van der Waals surface area contributed by atoms with E-state index in [1.54, 1.807) is 18.1 Å². The highest BCUT2D eigenvalue weighted by Gasteiger charge is 2.31. The van der Waals surface area contributed by atoms with Gasteiger partial charge in [0.15, 0.2) is 17.4 Å². The van der Waals surface area contributed by atoms with E-state index in [2.05, 4.69) is 4.99 Å². The number of halogens is 2. The molecule has 0 spiro atoms. The summed E-state index contributed by atoms with van der Waals surface area (Å²) in [7, 11) is 3.06. The molecule has 25 heavy (non-hydrogen) atoms. The van der Waals surface area contributed by atoms with Gasteiger partial charge in [0.25, 0.3) is 0 Å². The molecule has 1 aliphatic rings. The lowest BCUT2D eigenvalue weighted by Gasteiger charge is -2.23. The summed E-state index contributed by atoms with van der Waals surface area (Å²) in [4.78, 5) is 18.3. The molecule has 1 aromatic rings. The molecule has 0 bridgehead atoms. The number of rotatable bonds is 5. The number of amides is 1. The van der Waals surface area contributed by atoms with Crippen LogP contribution in [0.15, 0.2) is 11.1 Å². The molecule has 0 fully saturated rings. The molecule has 0 saturated heterocycles. The maximum Gasteiger partial charge on any atom is 0.415 e. The van der Waals surface area contributed by atoms with E-state index in [1.807, 2.05) is 13.8 Å². The first-order valence-electron chi connectivity index (χ1n) is 8.06. The van der Waals surface area contributed by atoms with Crippen LogP contribution >= 0.6 is 23.2 Å². The summed E-state index contributed by atoms with van der Waals surface area (Å²) in [5.74, 6) is 1.16. The second-order valence-electron chi connectivity index (χ2n) is 5.50. The molecule has 2 rings (SSSR count). The molecule has 1 aliphatic heterocycles. The highest BCUT2D eigenvalue weighted by atomic mass is 35.5. The number of ether oxygens (including phenoxy) is 3. The Bertz CT molecular complexity index is 675. The van der Waals surface area contributed by atoms with Crippen LogP contribution in [0.3, 0.4) is 0 Å². The number of carbonyl (C=O) groups excluding carboxylic acids is 1. The van der Waals surface area contributed by atoms with Crippen molar-refractivity contribution in [3.05, 3.63) is 21.7 Å². The van der Waals surface area contributed by atoms with Gasteiger partial charge in [-0.2, -0.15) is 0 Å². The van der Waals surface area contributed by atoms with Crippen molar-refractivity contribution in [1.29, 1.82) is 0 Å². The van der Waals surface area contributed by atoms with Crippen molar-refractivity contribution in [2.24, 2.45) is 4.99 Å². The Balaban J connectivity index is 2.46. The van der Waals surface area contributed by atoms with Crippen LogP contribution in [-0.2, 0) is 4.74 Å². The summed E-state index contributed by atoms with van der Waals surface area (Å²) in [6.45, 7) is 5.31. The molecule has 0 aromatic heterocycles. The molecule has 6 nitrogen and oxygen atoms in total. The molecule has 0 radical (unpaired) electrons. The van der Waals surface area contributed by atoms with Crippen LogP contribution in [-0.4, -0.2) is 50.7 Å². The van der Waals surface area contributed by atoms with E-state index in [-0.39, 0.29) is 11.7 Å². The van der Waals surface area contributed by atoms with Gasteiger partial charge in [-0.3, -0.25) is 4.99 Å². The van der Waals surface area contributed by atoms with Crippen molar-refractivity contribution in [2.45, 2.75) is 26.2 Å². The minimum Gasteiger partial charge on any atom is -0.493 e. The van der Waals surface area contributed by atoms with Crippen molar-refractivity contribution in [3.8, 4) is 11.5 Å². The fourth-order valence-electron chi connectivity index (χ4n) is 2.75. The number of hydrogen-bond donors (Lipinski definition) is 0. The third-order valence-electron chi connectivity index (χ3n) is 4.16. The van der Waals surface area contributed by atoms with Gasteiger partial charge in [0, 0.05) is 37.1 Å². The summed E-state index contributed by atoms with van der Waals surface area (Å²) in [5.41, 5.74) is 0.613. The van der Waals surface area contributed by atoms with E-state index in [1.165, 1.54) is 7.11 Å². The molecule has 1 unspecified atom stereocenters. The van der Waals surface area contributed by atoms with Crippen LogP contribution in [0.25, 0.3) is 0 Å². The summed E-state index contributed by atoms with van der Waals surface area (Å²) in [6, 6.07) is 1.55. The molecule has 8 heteroatoms. The summed E-state index contributed by atoms with van der Waals surface area (Å²) >= 11 is 12.7.